The number of nitro groups is 1. The van der Waals surface area contributed by atoms with Crippen molar-refractivity contribution in [3.8, 4) is 0 Å². The van der Waals surface area contributed by atoms with Crippen LogP contribution in [0.1, 0.15) is 15.9 Å². The molecule has 2 rings (SSSR count). The van der Waals surface area contributed by atoms with Crippen molar-refractivity contribution >= 4 is 17.3 Å². The van der Waals surface area contributed by atoms with Gasteiger partial charge in [0.1, 0.15) is 0 Å². The van der Waals surface area contributed by atoms with Crippen LogP contribution < -0.4 is 11.1 Å². The highest BCUT2D eigenvalue weighted by Crippen LogP contribution is 2.13. The highest BCUT2D eigenvalue weighted by atomic mass is 16.6. The van der Waals surface area contributed by atoms with Crippen LogP contribution in [-0.4, -0.2) is 10.8 Å². The Hall–Kier alpha value is -2.89. The van der Waals surface area contributed by atoms with E-state index in [0.717, 1.165) is 5.56 Å². The average molecular weight is 271 g/mol. The van der Waals surface area contributed by atoms with Gasteiger partial charge in [-0.05, 0) is 17.7 Å². The van der Waals surface area contributed by atoms with E-state index < -0.39 is 4.92 Å². The molecule has 2 aromatic rings. The first-order valence-corrected chi connectivity index (χ1v) is 5.94. The molecule has 0 aliphatic heterocycles. The highest BCUT2D eigenvalue weighted by molar-refractivity contribution is 5.98. The second-order valence-electron chi connectivity index (χ2n) is 4.19. The number of hydrogen-bond acceptors (Lipinski definition) is 4. The van der Waals surface area contributed by atoms with Gasteiger partial charge in [0.2, 0.25) is 0 Å². The second kappa shape index (κ2) is 5.83. The molecule has 0 aliphatic carbocycles. The van der Waals surface area contributed by atoms with E-state index >= 15 is 0 Å². The number of hydrogen-bond donors (Lipinski definition) is 2. The second-order valence-corrected chi connectivity index (χ2v) is 4.19. The number of benzene rings is 2. The average Bonchev–Trinajstić information content (AvgIpc) is 2.45. The largest absolute Gasteiger partial charge is 0.398 e. The third-order valence-corrected chi connectivity index (χ3v) is 2.81. The van der Waals surface area contributed by atoms with E-state index in [2.05, 4.69) is 5.32 Å². The summed E-state index contributed by atoms with van der Waals surface area (Å²) in [4.78, 5) is 22.0. The molecular formula is C14H13N3O3. The zero-order valence-electron chi connectivity index (χ0n) is 10.6. The van der Waals surface area contributed by atoms with Crippen molar-refractivity contribution in [2.45, 2.75) is 6.54 Å². The Kier molecular flexibility index (Phi) is 3.95. The lowest BCUT2D eigenvalue weighted by molar-refractivity contribution is -0.384. The van der Waals surface area contributed by atoms with Crippen LogP contribution in [0.5, 0.6) is 0 Å². The fourth-order valence-electron chi connectivity index (χ4n) is 1.72. The van der Waals surface area contributed by atoms with Crippen LogP contribution in [0, 0.1) is 10.1 Å². The summed E-state index contributed by atoms with van der Waals surface area (Å²) in [5.74, 6) is -0.276. The number of non-ortho nitro benzene ring substituents is 1. The van der Waals surface area contributed by atoms with E-state index in [1.54, 1.807) is 36.4 Å². The van der Waals surface area contributed by atoms with Crippen LogP contribution in [0.2, 0.25) is 0 Å². The molecule has 0 aromatic heterocycles. The van der Waals surface area contributed by atoms with E-state index in [0.29, 0.717) is 11.3 Å². The Bertz CT molecular complexity index is 638. The fraction of sp³-hybridized carbons (Fsp3) is 0.0714. The van der Waals surface area contributed by atoms with Crippen LogP contribution in [0.25, 0.3) is 0 Å². The maximum Gasteiger partial charge on any atom is 0.269 e. The molecule has 0 spiro atoms. The van der Waals surface area contributed by atoms with Crippen molar-refractivity contribution < 1.29 is 9.72 Å². The first-order chi connectivity index (χ1) is 9.58. The standard InChI is InChI=1S/C14H13N3O3/c15-13-4-2-1-3-12(13)14(18)16-9-10-5-7-11(8-6-10)17(19)20/h1-8H,9,15H2,(H,16,18). The number of amides is 1. The monoisotopic (exact) mass is 271 g/mol. The first kappa shape index (κ1) is 13.5. The number of nitro benzene ring substituents is 1. The van der Waals surface area contributed by atoms with Gasteiger partial charge in [-0.2, -0.15) is 0 Å². The summed E-state index contributed by atoms with van der Waals surface area (Å²) in [7, 11) is 0. The van der Waals surface area contributed by atoms with Gasteiger partial charge in [-0.1, -0.05) is 24.3 Å². The molecule has 0 atom stereocenters. The van der Waals surface area contributed by atoms with E-state index in [9.17, 15) is 14.9 Å². The lowest BCUT2D eigenvalue weighted by Gasteiger charge is -2.07. The molecule has 3 N–H and O–H groups in total. The Morgan fingerprint density at radius 1 is 1.15 bits per heavy atom. The molecule has 20 heavy (non-hydrogen) atoms. The van der Waals surface area contributed by atoms with Crippen molar-refractivity contribution in [2.24, 2.45) is 0 Å². The number of nitrogens with one attached hydrogen (secondary N) is 1. The summed E-state index contributed by atoms with van der Waals surface area (Å²) in [5.41, 5.74) is 7.33. The number of nitrogens with two attached hydrogens (primary N) is 1. The van der Waals surface area contributed by atoms with Gasteiger partial charge >= 0.3 is 0 Å². The lowest BCUT2D eigenvalue weighted by atomic mass is 10.1. The summed E-state index contributed by atoms with van der Waals surface area (Å²) >= 11 is 0. The van der Waals surface area contributed by atoms with Gasteiger partial charge in [0.05, 0.1) is 10.5 Å². The number of nitrogen functional groups attached to an aromatic ring is 1. The molecule has 1 amide bonds. The SMILES string of the molecule is Nc1ccccc1C(=O)NCc1ccc([N+](=O)[O-])cc1. The van der Waals surface area contributed by atoms with Crippen molar-refractivity contribution in [1.29, 1.82) is 0 Å². The highest BCUT2D eigenvalue weighted by Gasteiger charge is 2.09. The minimum absolute atomic E-state index is 0.0207. The maximum absolute atomic E-state index is 11.9. The van der Waals surface area contributed by atoms with Gasteiger partial charge in [-0.15, -0.1) is 0 Å². The Morgan fingerprint density at radius 3 is 2.40 bits per heavy atom. The number of rotatable bonds is 4. The topological polar surface area (TPSA) is 98.3 Å². The smallest absolute Gasteiger partial charge is 0.269 e. The van der Waals surface area contributed by atoms with Gasteiger partial charge in [0.25, 0.3) is 11.6 Å². The Balaban J connectivity index is 2.00. The lowest BCUT2D eigenvalue weighted by Crippen LogP contribution is -2.23. The normalized spacial score (nSPS) is 10.0. The fourth-order valence-corrected chi connectivity index (χ4v) is 1.72. The van der Waals surface area contributed by atoms with Gasteiger partial charge in [-0.25, -0.2) is 0 Å². The number of para-hydroxylation sites is 1. The maximum atomic E-state index is 11.9. The third-order valence-electron chi connectivity index (χ3n) is 2.81. The molecule has 0 bridgehead atoms. The molecular weight excluding hydrogens is 258 g/mol. The van der Waals surface area contributed by atoms with E-state index in [1.807, 2.05) is 0 Å². The Morgan fingerprint density at radius 2 is 1.80 bits per heavy atom. The molecule has 0 saturated heterocycles. The van der Waals surface area contributed by atoms with Gasteiger partial charge in [0.15, 0.2) is 0 Å². The molecule has 0 fully saturated rings. The van der Waals surface area contributed by atoms with Crippen molar-refractivity contribution in [3.05, 3.63) is 69.8 Å². The van der Waals surface area contributed by atoms with Crippen molar-refractivity contribution in [2.75, 3.05) is 5.73 Å². The number of carbonyl (C=O) groups is 1. The predicted octanol–water partition coefficient (Wildman–Crippen LogP) is 2.11. The van der Waals surface area contributed by atoms with E-state index in [1.165, 1.54) is 12.1 Å². The zero-order valence-corrected chi connectivity index (χ0v) is 10.6. The van der Waals surface area contributed by atoms with Crippen molar-refractivity contribution in [3.63, 3.8) is 0 Å². The zero-order chi connectivity index (χ0) is 14.5. The molecule has 0 heterocycles. The molecule has 0 aliphatic rings. The van der Waals surface area contributed by atoms with Gasteiger partial charge in [-0.3, -0.25) is 14.9 Å². The van der Waals surface area contributed by atoms with Crippen LogP contribution in [0.15, 0.2) is 48.5 Å². The van der Waals surface area contributed by atoms with Crippen LogP contribution in [-0.2, 0) is 6.54 Å². The third kappa shape index (κ3) is 3.11. The molecule has 6 heteroatoms. The number of nitrogens with zero attached hydrogens (tertiary/aromatic N) is 1. The molecule has 0 unspecified atom stereocenters. The summed E-state index contributed by atoms with van der Waals surface area (Å²) in [6.45, 7) is 0.283. The predicted molar refractivity (Wildman–Crippen MR) is 75.1 cm³/mol. The van der Waals surface area contributed by atoms with Gasteiger partial charge < -0.3 is 11.1 Å². The van der Waals surface area contributed by atoms with Crippen LogP contribution >= 0.6 is 0 Å². The molecule has 2 aromatic carbocycles. The molecule has 0 saturated carbocycles. The first-order valence-electron chi connectivity index (χ1n) is 5.94. The minimum Gasteiger partial charge on any atom is -0.398 e. The van der Waals surface area contributed by atoms with Crippen LogP contribution in [0.4, 0.5) is 11.4 Å². The number of carbonyl (C=O) groups excluding carboxylic acids is 1. The summed E-state index contributed by atoms with van der Waals surface area (Å²) in [6.07, 6.45) is 0. The molecule has 6 nitrogen and oxygen atoms in total. The minimum atomic E-state index is -0.465. The number of anilines is 1. The van der Waals surface area contributed by atoms with E-state index in [-0.39, 0.29) is 18.1 Å². The Labute approximate surface area is 115 Å². The quantitative estimate of drug-likeness (QED) is 0.505. The summed E-state index contributed by atoms with van der Waals surface area (Å²) in [5, 5.41) is 13.2. The summed E-state index contributed by atoms with van der Waals surface area (Å²) < 4.78 is 0. The summed E-state index contributed by atoms with van der Waals surface area (Å²) in [6, 6.07) is 12.8. The van der Waals surface area contributed by atoms with Crippen molar-refractivity contribution in [1.82, 2.24) is 5.32 Å². The van der Waals surface area contributed by atoms with E-state index in [4.69, 9.17) is 5.73 Å². The molecule has 0 radical (unpaired) electrons. The molecule has 102 valence electrons. The van der Waals surface area contributed by atoms with Gasteiger partial charge in [0, 0.05) is 24.4 Å². The van der Waals surface area contributed by atoms with Crippen LogP contribution in [0.3, 0.4) is 0 Å².